The Balaban J connectivity index is 1.28. The summed E-state index contributed by atoms with van der Waals surface area (Å²) >= 11 is 0. The first-order valence-corrected chi connectivity index (χ1v) is 10.6. The maximum absolute atomic E-state index is 12.6. The number of amides is 1. The lowest BCUT2D eigenvalue weighted by molar-refractivity contribution is 0.0926. The minimum absolute atomic E-state index is 0.0936. The van der Waals surface area contributed by atoms with Crippen molar-refractivity contribution in [3.63, 3.8) is 0 Å². The number of fused-ring (bicyclic) bond motifs is 1. The van der Waals surface area contributed by atoms with Gasteiger partial charge in [-0.05, 0) is 66.9 Å². The highest BCUT2D eigenvalue weighted by Crippen LogP contribution is 2.28. The number of nitrogens with one attached hydrogen (secondary N) is 1. The Hall–Kier alpha value is -3.47. The number of carbonyl (C=O) groups excluding carboxylic acids is 1. The number of ether oxygens (including phenoxy) is 2. The lowest BCUT2D eigenvalue weighted by Crippen LogP contribution is -2.36. The smallest absolute Gasteiger partial charge is 0.251 e. The first-order valence-electron chi connectivity index (χ1n) is 10.6. The summed E-state index contributed by atoms with van der Waals surface area (Å²) in [7, 11) is 1.63. The van der Waals surface area contributed by atoms with E-state index in [-0.39, 0.29) is 11.9 Å². The van der Waals surface area contributed by atoms with Crippen molar-refractivity contribution in [1.29, 1.82) is 0 Å². The van der Waals surface area contributed by atoms with Gasteiger partial charge in [0.25, 0.3) is 5.91 Å². The number of carbonyl (C=O) groups is 1. The van der Waals surface area contributed by atoms with Crippen LogP contribution in [0.25, 0.3) is 0 Å². The van der Waals surface area contributed by atoms with Gasteiger partial charge < -0.3 is 19.7 Å². The van der Waals surface area contributed by atoms with E-state index in [4.69, 9.17) is 9.47 Å². The highest BCUT2D eigenvalue weighted by atomic mass is 16.5. The van der Waals surface area contributed by atoms with Crippen LogP contribution in [-0.4, -0.2) is 32.2 Å². The van der Waals surface area contributed by atoms with Gasteiger partial charge in [0.05, 0.1) is 13.2 Å². The monoisotopic (exact) mass is 416 g/mol. The summed E-state index contributed by atoms with van der Waals surface area (Å²) in [5.41, 5.74) is 4.57. The van der Waals surface area contributed by atoms with Crippen LogP contribution in [0, 0.1) is 0 Å². The molecule has 0 unspecified atom stereocenters. The Morgan fingerprint density at radius 3 is 2.45 bits per heavy atom. The van der Waals surface area contributed by atoms with Gasteiger partial charge in [0.1, 0.15) is 18.1 Å². The van der Waals surface area contributed by atoms with Gasteiger partial charge in [0, 0.05) is 24.3 Å². The Morgan fingerprint density at radius 1 is 1.00 bits per heavy atom. The van der Waals surface area contributed by atoms with Gasteiger partial charge in [0.2, 0.25) is 0 Å². The number of hydrogen-bond acceptors (Lipinski definition) is 4. The summed E-state index contributed by atoms with van der Waals surface area (Å²) in [5, 5.41) is 3.00. The van der Waals surface area contributed by atoms with Crippen LogP contribution in [0.15, 0.2) is 72.8 Å². The molecule has 0 spiro atoms. The van der Waals surface area contributed by atoms with E-state index in [0.717, 1.165) is 31.0 Å². The number of methoxy groups -OCH3 is 1. The van der Waals surface area contributed by atoms with Crippen LogP contribution >= 0.6 is 0 Å². The van der Waals surface area contributed by atoms with Gasteiger partial charge in [-0.2, -0.15) is 0 Å². The van der Waals surface area contributed by atoms with Crippen LogP contribution in [0.2, 0.25) is 0 Å². The Bertz CT molecular complexity index is 1020. The molecule has 0 saturated carbocycles. The molecule has 1 N–H and O–H groups in total. The van der Waals surface area contributed by atoms with Gasteiger partial charge in [-0.15, -0.1) is 0 Å². The van der Waals surface area contributed by atoms with E-state index < -0.39 is 0 Å². The van der Waals surface area contributed by atoms with E-state index in [1.165, 1.54) is 16.8 Å². The van der Waals surface area contributed by atoms with Crippen molar-refractivity contribution in [2.75, 3.05) is 25.2 Å². The van der Waals surface area contributed by atoms with Gasteiger partial charge in [0.15, 0.2) is 0 Å². The molecule has 31 heavy (non-hydrogen) atoms. The quantitative estimate of drug-likeness (QED) is 0.589. The molecule has 5 nitrogen and oxygen atoms in total. The van der Waals surface area contributed by atoms with Crippen LogP contribution in [0.5, 0.6) is 11.5 Å². The normalized spacial score (nSPS) is 13.4. The van der Waals surface area contributed by atoms with Gasteiger partial charge in [-0.3, -0.25) is 4.79 Å². The second-order valence-electron chi connectivity index (χ2n) is 7.86. The zero-order valence-electron chi connectivity index (χ0n) is 18.0. The number of rotatable bonds is 8. The molecule has 1 atom stereocenters. The molecule has 4 rings (SSSR count). The molecular formula is C26H28N2O3. The molecule has 0 aliphatic carbocycles. The fourth-order valence-corrected chi connectivity index (χ4v) is 3.79. The zero-order valence-corrected chi connectivity index (χ0v) is 18.0. The van der Waals surface area contributed by atoms with Crippen LogP contribution in [0.4, 0.5) is 5.69 Å². The Labute approximate surface area is 183 Å². The molecular weight excluding hydrogens is 388 g/mol. The standard InChI is InChI=1S/C26H28N2O3/c1-19(18-31-24-13-11-23(30-2)12-14-24)27-26(29)22-9-7-20(8-10-22)17-28-16-15-21-5-3-4-6-25(21)28/h3-14,19H,15-18H2,1-2H3,(H,27,29)/t19-/m0/s1. The third-order valence-corrected chi connectivity index (χ3v) is 5.51. The molecule has 1 aliphatic rings. The summed E-state index contributed by atoms with van der Waals surface area (Å²) in [4.78, 5) is 15.0. The van der Waals surface area contributed by atoms with Crippen molar-refractivity contribution >= 4 is 11.6 Å². The SMILES string of the molecule is COc1ccc(OC[C@H](C)NC(=O)c2ccc(CN3CCc4ccccc43)cc2)cc1. The predicted molar refractivity (Wildman–Crippen MR) is 123 cm³/mol. The highest BCUT2D eigenvalue weighted by molar-refractivity contribution is 5.94. The molecule has 0 bridgehead atoms. The Kier molecular flexibility index (Phi) is 6.41. The number of para-hydroxylation sites is 1. The van der Waals surface area contributed by atoms with Crippen molar-refractivity contribution in [1.82, 2.24) is 5.32 Å². The Morgan fingerprint density at radius 2 is 1.71 bits per heavy atom. The van der Waals surface area contributed by atoms with Crippen LogP contribution in [0.3, 0.4) is 0 Å². The third kappa shape index (κ3) is 5.18. The van der Waals surface area contributed by atoms with E-state index in [1.807, 2.05) is 55.5 Å². The molecule has 160 valence electrons. The summed E-state index contributed by atoms with van der Waals surface area (Å²) in [6.07, 6.45) is 1.09. The van der Waals surface area contributed by atoms with E-state index in [2.05, 4.69) is 34.5 Å². The largest absolute Gasteiger partial charge is 0.497 e. The molecule has 0 fully saturated rings. The fraction of sp³-hybridized carbons (Fsp3) is 0.269. The summed E-state index contributed by atoms with van der Waals surface area (Å²) < 4.78 is 10.9. The van der Waals surface area contributed by atoms with Crippen molar-refractivity contribution in [2.24, 2.45) is 0 Å². The maximum atomic E-state index is 12.6. The van der Waals surface area contributed by atoms with Crippen molar-refractivity contribution in [2.45, 2.75) is 25.9 Å². The molecule has 1 heterocycles. The van der Waals surface area contributed by atoms with Crippen LogP contribution < -0.4 is 19.7 Å². The second kappa shape index (κ2) is 9.56. The first-order chi connectivity index (χ1) is 15.1. The topological polar surface area (TPSA) is 50.8 Å². The molecule has 1 aliphatic heterocycles. The molecule has 0 saturated heterocycles. The number of nitrogens with zero attached hydrogens (tertiary/aromatic N) is 1. The molecule has 3 aromatic rings. The fourth-order valence-electron chi connectivity index (χ4n) is 3.79. The molecule has 5 heteroatoms. The first kappa shape index (κ1) is 20.8. The zero-order chi connectivity index (χ0) is 21.6. The average Bonchev–Trinajstić information content (AvgIpc) is 3.21. The summed E-state index contributed by atoms with van der Waals surface area (Å²) in [6, 6.07) is 23.7. The van der Waals surface area contributed by atoms with Gasteiger partial charge >= 0.3 is 0 Å². The number of anilines is 1. The average molecular weight is 417 g/mol. The highest BCUT2D eigenvalue weighted by Gasteiger charge is 2.18. The van der Waals surface area contributed by atoms with Crippen LogP contribution in [0.1, 0.15) is 28.4 Å². The van der Waals surface area contributed by atoms with E-state index in [0.29, 0.717) is 12.2 Å². The number of benzene rings is 3. The van der Waals surface area contributed by atoms with Gasteiger partial charge in [-0.1, -0.05) is 30.3 Å². The number of hydrogen-bond donors (Lipinski definition) is 1. The lowest BCUT2D eigenvalue weighted by atomic mass is 10.1. The van der Waals surface area contributed by atoms with Gasteiger partial charge in [-0.25, -0.2) is 0 Å². The molecule has 1 amide bonds. The van der Waals surface area contributed by atoms with E-state index in [9.17, 15) is 4.79 Å². The minimum Gasteiger partial charge on any atom is -0.497 e. The van der Waals surface area contributed by atoms with Crippen molar-refractivity contribution in [3.05, 3.63) is 89.5 Å². The van der Waals surface area contributed by atoms with E-state index >= 15 is 0 Å². The predicted octanol–water partition coefficient (Wildman–Crippen LogP) is 4.46. The molecule has 3 aromatic carbocycles. The molecule has 0 aromatic heterocycles. The summed E-state index contributed by atoms with van der Waals surface area (Å²) in [6.45, 7) is 4.21. The molecule has 0 radical (unpaired) electrons. The summed E-state index contributed by atoms with van der Waals surface area (Å²) in [5.74, 6) is 1.43. The van der Waals surface area contributed by atoms with Crippen molar-refractivity contribution in [3.8, 4) is 11.5 Å². The lowest BCUT2D eigenvalue weighted by Gasteiger charge is -2.19. The van der Waals surface area contributed by atoms with Crippen LogP contribution in [-0.2, 0) is 13.0 Å². The third-order valence-electron chi connectivity index (χ3n) is 5.51. The minimum atomic E-state index is -0.115. The maximum Gasteiger partial charge on any atom is 0.251 e. The second-order valence-corrected chi connectivity index (χ2v) is 7.86. The van der Waals surface area contributed by atoms with E-state index in [1.54, 1.807) is 7.11 Å². The van der Waals surface area contributed by atoms with Crippen molar-refractivity contribution < 1.29 is 14.3 Å².